The summed E-state index contributed by atoms with van der Waals surface area (Å²) in [7, 11) is 0. The van der Waals surface area contributed by atoms with Gasteiger partial charge >= 0.3 is 5.97 Å². The number of rotatable bonds is 53. The minimum atomic E-state index is -0.669. The quantitative estimate of drug-likeness (QED) is 0.0244. The molecule has 2 unspecified atom stereocenters. The van der Waals surface area contributed by atoms with Crippen LogP contribution in [-0.4, -0.2) is 47.4 Å². The van der Waals surface area contributed by atoms with Crippen molar-refractivity contribution in [2.75, 3.05) is 13.2 Å². The van der Waals surface area contributed by atoms with Crippen molar-refractivity contribution in [3.8, 4) is 0 Å². The van der Waals surface area contributed by atoms with Gasteiger partial charge in [-0.25, -0.2) is 0 Å². The van der Waals surface area contributed by atoms with E-state index in [4.69, 9.17) is 4.74 Å². The summed E-state index contributed by atoms with van der Waals surface area (Å²) < 4.78 is 5.47. The highest BCUT2D eigenvalue weighted by molar-refractivity contribution is 5.76. The maximum Gasteiger partial charge on any atom is 0.305 e. The molecule has 0 radical (unpaired) electrons. The Kier molecular flexibility index (Phi) is 53.1. The maximum absolute atomic E-state index is 12.4. The van der Waals surface area contributed by atoms with E-state index in [1.807, 2.05) is 0 Å². The second-order valence-electron chi connectivity index (χ2n) is 19.6. The molecule has 3 N–H and O–H groups in total. The van der Waals surface area contributed by atoms with Crippen molar-refractivity contribution in [1.82, 2.24) is 5.32 Å². The number of carbonyl (C=O) groups excluding carboxylic acids is 2. The van der Waals surface area contributed by atoms with Crippen molar-refractivity contribution in [2.24, 2.45) is 0 Å². The maximum atomic E-state index is 12.4. The number of unbranched alkanes of at least 4 members (excludes halogenated alkanes) is 37. The lowest BCUT2D eigenvalue weighted by Crippen LogP contribution is -2.45. The molecule has 0 aromatic heterocycles. The topological polar surface area (TPSA) is 95.9 Å². The smallest absolute Gasteiger partial charge is 0.305 e. The van der Waals surface area contributed by atoms with Gasteiger partial charge in [0.1, 0.15) is 0 Å². The fourth-order valence-corrected chi connectivity index (χ4v) is 8.74. The van der Waals surface area contributed by atoms with Gasteiger partial charge in [-0.1, -0.05) is 243 Å². The Hall–Kier alpha value is -1.92. The molecule has 2 atom stereocenters. The van der Waals surface area contributed by atoms with Gasteiger partial charge < -0.3 is 20.3 Å². The average Bonchev–Trinajstić information content (AvgIpc) is 3.31. The minimum Gasteiger partial charge on any atom is -0.466 e. The van der Waals surface area contributed by atoms with Crippen LogP contribution in [0.3, 0.4) is 0 Å². The van der Waals surface area contributed by atoms with Gasteiger partial charge in [0.05, 0.1) is 25.4 Å². The van der Waals surface area contributed by atoms with Gasteiger partial charge in [-0.3, -0.25) is 9.59 Å². The van der Waals surface area contributed by atoms with Crippen LogP contribution in [0, 0.1) is 0 Å². The van der Waals surface area contributed by atoms with Gasteiger partial charge in [0.2, 0.25) is 5.91 Å². The molecule has 6 nitrogen and oxygen atoms in total. The third-order valence-corrected chi connectivity index (χ3v) is 13.2. The molecular weight excluding hydrogens is 803 g/mol. The lowest BCUT2D eigenvalue weighted by atomic mass is 10.0. The Balaban J connectivity index is 3.44. The first-order chi connectivity index (χ1) is 32.0. The van der Waals surface area contributed by atoms with Crippen LogP contribution in [0.1, 0.15) is 303 Å². The highest BCUT2D eigenvalue weighted by Crippen LogP contribution is 2.16. The molecule has 0 heterocycles. The summed E-state index contributed by atoms with van der Waals surface area (Å²) in [5.41, 5.74) is 0. The van der Waals surface area contributed by atoms with Crippen LogP contribution in [0.2, 0.25) is 0 Å². The number of carbonyl (C=O) groups is 2. The first kappa shape index (κ1) is 63.1. The number of hydrogen-bond acceptors (Lipinski definition) is 5. The molecule has 0 saturated carbocycles. The Morgan fingerprint density at radius 2 is 0.769 bits per heavy atom. The lowest BCUT2D eigenvalue weighted by Gasteiger charge is -2.22. The van der Waals surface area contributed by atoms with E-state index in [0.29, 0.717) is 25.9 Å². The van der Waals surface area contributed by atoms with E-state index in [1.54, 1.807) is 0 Å². The SMILES string of the molecule is CCCCCCCC/C=C\CCCCCCCCCCCC(=O)OCCCCC/C=C\C=C/CCCCCCCCCCCCC(=O)NC(CO)C(O)CCCCCCCCCCCC. The van der Waals surface area contributed by atoms with Gasteiger partial charge in [0.15, 0.2) is 0 Å². The second-order valence-corrected chi connectivity index (χ2v) is 19.6. The highest BCUT2D eigenvalue weighted by Gasteiger charge is 2.20. The van der Waals surface area contributed by atoms with Crippen LogP contribution < -0.4 is 5.32 Å². The van der Waals surface area contributed by atoms with E-state index < -0.39 is 12.1 Å². The highest BCUT2D eigenvalue weighted by atomic mass is 16.5. The van der Waals surface area contributed by atoms with Crippen molar-refractivity contribution in [3.05, 3.63) is 36.5 Å². The van der Waals surface area contributed by atoms with E-state index in [-0.39, 0.29) is 18.5 Å². The number of esters is 1. The zero-order valence-electron chi connectivity index (χ0n) is 43.5. The van der Waals surface area contributed by atoms with Crippen molar-refractivity contribution < 1.29 is 24.5 Å². The molecule has 0 aromatic rings. The van der Waals surface area contributed by atoms with Crippen molar-refractivity contribution >= 4 is 11.9 Å². The van der Waals surface area contributed by atoms with Gasteiger partial charge in [0, 0.05) is 12.8 Å². The Morgan fingerprint density at radius 3 is 1.18 bits per heavy atom. The number of hydrogen-bond donors (Lipinski definition) is 3. The van der Waals surface area contributed by atoms with Gasteiger partial charge in [-0.15, -0.1) is 0 Å². The van der Waals surface area contributed by atoms with Gasteiger partial charge in [-0.05, 0) is 83.5 Å². The normalized spacial score (nSPS) is 12.9. The molecule has 0 aliphatic carbocycles. The minimum absolute atomic E-state index is 0.0141. The summed E-state index contributed by atoms with van der Waals surface area (Å²) >= 11 is 0. The number of allylic oxidation sites excluding steroid dienone is 6. The Morgan fingerprint density at radius 1 is 0.431 bits per heavy atom. The van der Waals surface area contributed by atoms with E-state index in [9.17, 15) is 19.8 Å². The van der Waals surface area contributed by atoms with Crippen LogP contribution >= 0.6 is 0 Å². The third kappa shape index (κ3) is 51.3. The summed E-state index contributed by atoms with van der Waals surface area (Å²) in [6.45, 7) is 4.90. The molecule has 65 heavy (non-hydrogen) atoms. The fourth-order valence-electron chi connectivity index (χ4n) is 8.74. The van der Waals surface area contributed by atoms with Crippen LogP contribution in [0.15, 0.2) is 36.5 Å². The summed E-state index contributed by atoms with van der Waals surface area (Å²) in [5.74, 6) is -0.0609. The number of aliphatic hydroxyl groups is 2. The number of aliphatic hydroxyl groups excluding tert-OH is 2. The van der Waals surface area contributed by atoms with Crippen LogP contribution in [0.5, 0.6) is 0 Å². The summed E-state index contributed by atoms with van der Waals surface area (Å²) in [6.07, 6.45) is 67.1. The monoisotopic (exact) mass is 914 g/mol. The summed E-state index contributed by atoms with van der Waals surface area (Å²) in [6, 6.07) is -0.548. The van der Waals surface area contributed by atoms with Crippen LogP contribution in [0.4, 0.5) is 0 Å². The molecular formula is C59H111NO5. The predicted octanol–water partition coefficient (Wildman–Crippen LogP) is 17.6. The lowest BCUT2D eigenvalue weighted by molar-refractivity contribution is -0.143. The van der Waals surface area contributed by atoms with E-state index >= 15 is 0 Å². The summed E-state index contributed by atoms with van der Waals surface area (Å²) in [5, 5.41) is 23.1. The molecule has 6 heteroatoms. The molecule has 0 saturated heterocycles. The largest absolute Gasteiger partial charge is 0.466 e. The van der Waals surface area contributed by atoms with Gasteiger partial charge in [0.25, 0.3) is 0 Å². The molecule has 0 aromatic carbocycles. The standard InChI is InChI=1S/C59H111NO5/c1-3-5-7-9-11-13-15-16-17-18-20-24-27-30-33-37-41-45-49-53-59(64)65-54-50-46-42-38-34-31-28-25-22-19-21-23-26-29-32-36-40-44-48-52-58(63)60-56(55-61)57(62)51-47-43-39-35-14-12-10-8-6-4-2/h16-17,25,28,31,34,56-57,61-62H,3-15,18-24,26-27,29-30,32-33,35-55H2,1-2H3,(H,60,63)/b17-16-,28-25-,34-31-. The first-order valence-corrected chi connectivity index (χ1v) is 28.8. The van der Waals surface area contributed by atoms with Gasteiger partial charge in [-0.2, -0.15) is 0 Å². The Labute approximate surface area is 404 Å². The number of ether oxygens (including phenoxy) is 1. The molecule has 0 bridgehead atoms. The Bertz CT molecular complexity index is 1060. The molecule has 0 fully saturated rings. The molecule has 0 aliphatic rings. The van der Waals surface area contributed by atoms with E-state index in [2.05, 4.69) is 55.6 Å². The molecule has 1 amide bonds. The van der Waals surface area contributed by atoms with Crippen molar-refractivity contribution in [3.63, 3.8) is 0 Å². The molecule has 0 rings (SSSR count). The molecule has 0 spiro atoms. The van der Waals surface area contributed by atoms with E-state index in [0.717, 1.165) is 70.6 Å². The molecule has 0 aliphatic heterocycles. The zero-order valence-corrected chi connectivity index (χ0v) is 43.5. The number of amides is 1. The van der Waals surface area contributed by atoms with E-state index in [1.165, 1.54) is 199 Å². The fraction of sp³-hybridized carbons (Fsp3) is 0.864. The van der Waals surface area contributed by atoms with Crippen LogP contribution in [0.25, 0.3) is 0 Å². The average molecular weight is 915 g/mol. The first-order valence-electron chi connectivity index (χ1n) is 28.8. The van der Waals surface area contributed by atoms with Crippen molar-refractivity contribution in [2.45, 2.75) is 315 Å². The third-order valence-electron chi connectivity index (χ3n) is 13.2. The predicted molar refractivity (Wildman–Crippen MR) is 283 cm³/mol. The van der Waals surface area contributed by atoms with Crippen molar-refractivity contribution in [1.29, 1.82) is 0 Å². The zero-order chi connectivity index (χ0) is 47.2. The van der Waals surface area contributed by atoms with Crippen LogP contribution in [-0.2, 0) is 14.3 Å². The number of nitrogens with one attached hydrogen (secondary N) is 1. The molecule has 382 valence electrons. The summed E-state index contributed by atoms with van der Waals surface area (Å²) in [4.78, 5) is 24.5. The second kappa shape index (κ2) is 54.7.